The molecule has 1 aromatic heterocycles. The normalized spacial score (nSPS) is 15.0. The number of nitrogens with one attached hydrogen (secondary N) is 1. The van der Waals surface area contributed by atoms with E-state index >= 15 is 0 Å². The molecule has 1 saturated heterocycles. The van der Waals surface area contributed by atoms with Gasteiger partial charge in [-0.1, -0.05) is 36.4 Å². The number of anilines is 1. The number of piperazine rings is 1. The number of benzene rings is 2. The average molecular weight is 361 g/mol. The molecule has 1 aliphatic rings. The first kappa shape index (κ1) is 17.5. The summed E-state index contributed by atoms with van der Waals surface area (Å²) in [4.78, 5) is 2.45. The lowest BCUT2D eigenvalue weighted by atomic mass is 10.0. The minimum Gasteiger partial charge on any atom is -0.507 e. The summed E-state index contributed by atoms with van der Waals surface area (Å²) in [6, 6.07) is 17.4. The van der Waals surface area contributed by atoms with Crippen molar-refractivity contribution in [1.82, 2.24) is 20.4 Å². The third-order valence-corrected chi connectivity index (χ3v) is 4.88. The second-order valence-corrected chi connectivity index (χ2v) is 6.77. The van der Waals surface area contributed by atoms with Crippen LogP contribution in [0.15, 0.2) is 54.6 Å². The molecule has 0 saturated carbocycles. The number of aromatic nitrogens is 2. The van der Waals surface area contributed by atoms with Crippen molar-refractivity contribution in [3.8, 4) is 28.1 Å². The van der Waals surface area contributed by atoms with Gasteiger partial charge in [-0.15, -0.1) is 10.2 Å². The number of phenolic OH excluding ortho intramolecular Hbond substituents is 1. The Labute approximate surface area is 158 Å². The Hall–Kier alpha value is -2.96. The van der Waals surface area contributed by atoms with Gasteiger partial charge in [-0.2, -0.15) is 0 Å². The van der Waals surface area contributed by atoms with E-state index in [4.69, 9.17) is 5.73 Å². The summed E-state index contributed by atoms with van der Waals surface area (Å²) >= 11 is 0. The highest BCUT2D eigenvalue weighted by atomic mass is 16.3. The van der Waals surface area contributed by atoms with E-state index in [0.717, 1.165) is 43.9 Å². The number of phenols is 1. The Kier molecular flexibility index (Phi) is 5.00. The maximum atomic E-state index is 10.1. The van der Waals surface area contributed by atoms with E-state index in [2.05, 4.69) is 44.7 Å². The van der Waals surface area contributed by atoms with E-state index in [1.807, 2.05) is 18.2 Å². The maximum absolute atomic E-state index is 10.1. The fourth-order valence-corrected chi connectivity index (χ4v) is 3.37. The highest BCUT2D eigenvalue weighted by Gasteiger charge is 2.12. The zero-order valence-electron chi connectivity index (χ0n) is 15.1. The Morgan fingerprint density at radius 1 is 0.963 bits per heavy atom. The molecule has 2 aromatic carbocycles. The van der Waals surface area contributed by atoms with Crippen molar-refractivity contribution in [3.63, 3.8) is 0 Å². The van der Waals surface area contributed by atoms with Gasteiger partial charge in [0.2, 0.25) is 0 Å². The van der Waals surface area contributed by atoms with Gasteiger partial charge < -0.3 is 16.2 Å². The van der Waals surface area contributed by atoms with E-state index < -0.39 is 0 Å². The number of rotatable bonds is 4. The SMILES string of the molecule is Nc1nnc(-c2ccccc2O)cc1-c1ccc(CN2CCNCC2)cc1. The lowest BCUT2D eigenvalue weighted by Crippen LogP contribution is -2.42. The maximum Gasteiger partial charge on any atom is 0.154 e. The molecule has 6 nitrogen and oxygen atoms in total. The summed E-state index contributed by atoms with van der Waals surface area (Å²) in [5, 5.41) is 21.7. The molecule has 0 spiro atoms. The third kappa shape index (κ3) is 3.92. The zero-order chi connectivity index (χ0) is 18.6. The largest absolute Gasteiger partial charge is 0.507 e. The van der Waals surface area contributed by atoms with Crippen LogP contribution in [0.5, 0.6) is 5.75 Å². The smallest absolute Gasteiger partial charge is 0.154 e. The molecule has 0 aliphatic carbocycles. The van der Waals surface area contributed by atoms with E-state index in [0.29, 0.717) is 17.1 Å². The fourth-order valence-electron chi connectivity index (χ4n) is 3.37. The van der Waals surface area contributed by atoms with Crippen molar-refractivity contribution in [3.05, 3.63) is 60.2 Å². The molecule has 0 unspecified atom stereocenters. The molecular weight excluding hydrogens is 338 g/mol. The van der Waals surface area contributed by atoms with Gasteiger partial charge >= 0.3 is 0 Å². The van der Waals surface area contributed by atoms with Crippen LogP contribution >= 0.6 is 0 Å². The Bertz CT molecular complexity index is 920. The minimum absolute atomic E-state index is 0.175. The van der Waals surface area contributed by atoms with E-state index in [9.17, 15) is 5.11 Å². The molecule has 1 fully saturated rings. The number of nitrogen functional groups attached to an aromatic ring is 1. The Balaban J connectivity index is 1.59. The van der Waals surface area contributed by atoms with Gasteiger partial charge in [0.25, 0.3) is 0 Å². The number of aromatic hydroxyl groups is 1. The predicted octanol–water partition coefficient (Wildman–Crippen LogP) is 2.50. The van der Waals surface area contributed by atoms with Gasteiger partial charge in [-0.25, -0.2) is 0 Å². The van der Waals surface area contributed by atoms with Crippen molar-refractivity contribution in [2.45, 2.75) is 6.54 Å². The fraction of sp³-hybridized carbons (Fsp3) is 0.238. The molecule has 0 radical (unpaired) electrons. The van der Waals surface area contributed by atoms with Crippen LogP contribution in [0.3, 0.4) is 0 Å². The quantitative estimate of drug-likeness (QED) is 0.662. The summed E-state index contributed by atoms with van der Waals surface area (Å²) < 4.78 is 0. The molecule has 4 N–H and O–H groups in total. The van der Waals surface area contributed by atoms with Crippen LogP contribution < -0.4 is 11.1 Å². The lowest BCUT2D eigenvalue weighted by Gasteiger charge is -2.27. The van der Waals surface area contributed by atoms with Crippen molar-refractivity contribution in [1.29, 1.82) is 0 Å². The standard InChI is InChI=1S/C21H23N5O/c22-21-18(13-19(24-25-21)17-3-1-2-4-20(17)27)16-7-5-15(6-8-16)14-26-11-9-23-10-12-26/h1-8,13,23,27H,9-12,14H2,(H2,22,25). The molecule has 4 rings (SSSR count). The topological polar surface area (TPSA) is 87.3 Å². The molecular formula is C21H23N5O. The average Bonchev–Trinajstić information content (AvgIpc) is 2.70. The zero-order valence-corrected chi connectivity index (χ0v) is 15.1. The summed E-state index contributed by atoms with van der Waals surface area (Å²) in [5.74, 6) is 0.554. The predicted molar refractivity (Wildman–Crippen MR) is 107 cm³/mol. The molecule has 138 valence electrons. The first-order valence-electron chi connectivity index (χ1n) is 9.14. The van der Waals surface area contributed by atoms with Gasteiger partial charge in [0.05, 0.1) is 5.69 Å². The molecule has 6 heteroatoms. The van der Waals surface area contributed by atoms with Crippen molar-refractivity contribution < 1.29 is 5.11 Å². The van der Waals surface area contributed by atoms with E-state index in [1.54, 1.807) is 12.1 Å². The van der Waals surface area contributed by atoms with Gasteiger partial charge in [0, 0.05) is 43.9 Å². The number of nitrogens with two attached hydrogens (primary N) is 1. The molecule has 2 heterocycles. The van der Waals surface area contributed by atoms with Crippen LogP contribution in [-0.4, -0.2) is 46.4 Å². The molecule has 1 aliphatic heterocycles. The minimum atomic E-state index is 0.175. The first-order chi connectivity index (χ1) is 13.2. The molecule has 0 amide bonds. The monoisotopic (exact) mass is 361 g/mol. The van der Waals surface area contributed by atoms with Crippen LogP contribution in [-0.2, 0) is 6.54 Å². The van der Waals surface area contributed by atoms with Crippen LogP contribution in [0.1, 0.15) is 5.56 Å². The molecule has 0 atom stereocenters. The van der Waals surface area contributed by atoms with Crippen molar-refractivity contribution >= 4 is 5.82 Å². The summed E-state index contributed by atoms with van der Waals surface area (Å²) in [6.07, 6.45) is 0. The highest BCUT2D eigenvalue weighted by Crippen LogP contribution is 2.32. The van der Waals surface area contributed by atoms with Gasteiger partial charge in [0.15, 0.2) is 5.82 Å². The Morgan fingerprint density at radius 3 is 2.44 bits per heavy atom. The number of para-hydroxylation sites is 1. The number of hydrogen-bond acceptors (Lipinski definition) is 6. The van der Waals surface area contributed by atoms with Gasteiger partial charge in [0.1, 0.15) is 5.75 Å². The summed E-state index contributed by atoms with van der Waals surface area (Å²) in [7, 11) is 0. The van der Waals surface area contributed by atoms with Crippen molar-refractivity contribution in [2.75, 3.05) is 31.9 Å². The third-order valence-electron chi connectivity index (χ3n) is 4.88. The second kappa shape index (κ2) is 7.73. The summed E-state index contributed by atoms with van der Waals surface area (Å²) in [6.45, 7) is 5.20. The molecule has 3 aromatic rings. The van der Waals surface area contributed by atoms with E-state index in [1.165, 1.54) is 5.56 Å². The molecule has 27 heavy (non-hydrogen) atoms. The molecule has 0 bridgehead atoms. The van der Waals surface area contributed by atoms with Crippen LogP contribution in [0.2, 0.25) is 0 Å². The van der Waals surface area contributed by atoms with Crippen LogP contribution in [0, 0.1) is 0 Å². The second-order valence-electron chi connectivity index (χ2n) is 6.77. The number of hydrogen-bond donors (Lipinski definition) is 3. The Morgan fingerprint density at radius 2 is 1.70 bits per heavy atom. The highest BCUT2D eigenvalue weighted by molar-refractivity contribution is 5.79. The van der Waals surface area contributed by atoms with Crippen molar-refractivity contribution in [2.24, 2.45) is 0 Å². The van der Waals surface area contributed by atoms with Crippen LogP contribution in [0.25, 0.3) is 22.4 Å². The summed E-state index contributed by atoms with van der Waals surface area (Å²) in [5.41, 5.74) is 10.4. The van der Waals surface area contributed by atoms with Gasteiger partial charge in [-0.3, -0.25) is 4.90 Å². The van der Waals surface area contributed by atoms with Gasteiger partial charge in [-0.05, 0) is 29.3 Å². The van der Waals surface area contributed by atoms with Crippen LogP contribution in [0.4, 0.5) is 5.82 Å². The lowest BCUT2D eigenvalue weighted by molar-refractivity contribution is 0.233. The first-order valence-corrected chi connectivity index (χ1v) is 9.14. The van der Waals surface area contributed by atoms with E-state index in [-0.39, 0.29) is 5.75 Å². The number of nitrogens with zero attached hydrogens (tertiary/aromatic N) is 3.